The Morgan fingerprint density at radius 3 is 2.60 bits per heavy atom. The van der Waals surface area contributed by atoms with E-state index in [1.54, 1.807) is 0 Å². The minimum Gasteiger partial charge on any atom is -0.329 e. The fourth-order valence-corrected chi connectivity index (χ4v) is 3.28. The first-order valence-electron chi connectivity index (χ1n) is 6.49. The molecule has 15 heavy (non-hydrogen) atoms. The van der Waals surface area contributed by atoms with Crippen LogP contribution in [0.3, 0.4) is 0 Å². The first-order valence-corrected chi connectivity index (χ1v) is 6.49. The Balaban J connectivity index is 2.80. The summed E-state index contributed by atoms with van der Waals surface area (Å²) in [7, 11) is 2.25. The highest BCUT2D eigenvalue weighted by molar-refractivity contribution is 4.99. The molecule has 2 nitrogen and oxygen atoms in total. The fourth-order valence-electron chi connectivity index (χ4n) is 3.28. The van der Waals surface area contributed by atoms with E-state index < -0.39 is 0 Å². The topological polar surface area (TPSA) is 29.3 Å². The van der Waals surface area contributed by atoms with Crippen LogP contribution in [0.1, 0.15) is 46.5 Å². The molecule has 0 aromatic rings. The smallest absolute Gasteiger partial charge is 0.0356 e. The van der Waals surface area contributed by atoms with E-state index >= 15 is 0 Å². The highest BCUT2D eigenvalue weighted by Crippen LogP contribution is 2.40. The van der Waals surface area contributed by atoms with E-state index in [9.17, 15) is 0 Å². The molecule has 3 atom stereocenters. The Morgan fingerprint density at radius 2 is 2.07 bits per heavy atom. The van der Waals surface area contributed by atoms with Crippen LogP contribution in [0, 0.1) is 11.8 Å². The molecule has 0 aromatic heterocycles. The number of likely N-dealkylation sites (N-methyl/N-ethyl adjacent to an activating group) is 1. The van der Waals surface area contributed by atoms with Gasteiger partial charge in [0, 0.05) is 12.1 Å². The van der Waals surface area contributed by atoms with Gasteiger partial charge >= 0.3 is 0 Å². The summed E-state index contributed by atoms with van der Waals surface area (Å²) < 4.78 is 0. The van der Waals surface area contributed by atoms with Gasteiger partial charge in [0.2, 0.25) is 0 Å². The first-order chi connectivity index (χ1) is 7.08. The Kier molecular flexibility index (Phi) is 4.60. The monoisotopic (exact) mass is 212 g/mol. The van der Waals surface area contributed by atoms with E-state index in [-0.39, 0.29) is 5.54 Å². The average molecular weight is 212 g/mol. The SMILES string of the molecule is CCCN(C)C1(CN)CCCC(C)C1C. The van der Waals surface area contributed by atoms with E-state index in [1.165, 1.54) is 32.2 Å². The highest BCUT2D eigenvalue weighted by Gasteiger charge is 2.42. The van der Waals surface area contributed by atoms with Crippen molar-refractivity contribution in [3.8, 4) is 0 Å². The minimum absolute atomic E-state index is 0.272. The first kappa shape index (κ1) is 13.0. The normalized spacial score (nSPS) is 37.2. The molecule has 0 radical (unpaired) electrons. The third-order valence-corrected chi connectivity index (χ3v) is 4.64. The second-order valence-electron chi connectivity index (χ2n) is 5.39. The van der Waals surface area contributed by atoms with E-state index in [0.29, 0.717) is 0 Å². The van der Waals surface area contributed by atoms with Crippen LogP contribution in [-0.4, -0.2) is 30.6 Å². The van der Waals surface area contributed by atoms with Crippen LogP contribution in [0.15, 0.2) is 0 Å². The molecule has 0 amide bonds. The standard InChI is InChI=1S/C13H28N2/c1-5-9-15(4)13(10-14)8-6-7-11(2)12(13)3/h11-12H,5-10,14H2,1-4H3. The zero-order valence-corrected chi connectivity index (χ0v) is 10.9. The lowest BCUT2D eigenvalue weighted by Crippen LogP contribution is -2.59. The molecule has 1 fully saturated rings. The van der Waals surface area contributed by atoms with Gasteiger partial charge in [0.05, 0.1) is 0 Å². The Hall–Kier alpha value is -0.0800. The van der Waals surface area contributed by atoms with Gasteiger partial charge in [0.25, 0.3) is 0 Å². The maximum Gasteiger partial charge on any atom is 0.0356 e. The minimum atomic E-state index is 0.272. The summed E-state index contributed by atoms with van der Waals surface area (Å²) in [5, 5.41) is 0. The molecule has 1 aliphatic carbocycles. The van der Waals surface area contributed by atoms with Crippen LogP contribution in [-0.2, 0) is 0 Å². The highest BCUT2D eigenvalue weighted by atomic mass is 15.2. The third-order valence-electron chi connectivity index (χ3n) is 4.64. The summed E-state index contributed by atoms with van der Waals surface area (Å²) in [5.74, 6) is 1.55. The summed E-state index contributed by atoms with van der Waals surface area (Å²) >= 11 is 0. The maximum absolute atomic E-state index is 6.08. The Morgan fingerprint density at radius 1 is 1.40 bits per heavy atom. The van der Waals surface area contributed by atoms with Crippen molar-refractivity contribution in [1.29, 1.82) is 0 Å². The summed E-state index contributed by atoms with van der Waals surface area (Å²) in [6, 6.07) is 0. The van der Waals surface area contributed by atoms with Crippen LogP contribution in [0.5, 0.6) is 0 Å². The molecule has 2 N–H and O–H groups in total. The molecule has 0 aliphatic heterocycles. The molecule has 0 saturated heterocycles. The van der Waals surface area contributed by atoms with Gasteiger partial charge in [0.15, 0.2) is 0 Å². The van der Waals surface area contributed by atoms with E-state index in [1.807, 2.05) is 0 Å². The van der Waals surface area contributed by atoms with Crippen molar-refractivity contribution in [2.24, 2.45) is 17.6 Å². The molecule has 1 saturated carbocycles. The molecule has 0 spiro atoms. The zero-order chi connectivity index (χ0) is 11.5. The van der Waals surface area contributed by atoms with Crippen LogP contribution >= 0.6 is 0 Å². The molecule has 3 unspecified atom stereocenters. The molecule has 1 aliphatic rings. The summed E-state index contributed by atoms with van der Waals surface area (Å²) in [6.07, 6.45) is 5.23. The average Bonchev–Trinajstić information content (AvgIpc) is 2.23. The maximum atomic E-state index is 6.08. The quantitative estimate of drug-likeness (QED) is 0.776. The van der Waals surface area contributed by atoms with Crippen molar-refractivity contribution in [3.05, 3.63) is 0 Å². The second-order valence-corrected chi connectivity index (χ2v) is 5.39. The number of nitrogens with two attached hydrogens (primary N) is 1. The fraction of sp³-hybridized carbons (Fsp3) is 1.00. The van der Waals surface area contributed by atoms with Crippen LogP contribution in [0.2, 0.25) is 0 Å². The predicted molar refractivity (Wildman–Crippen MR) is 66.9 cm³/mol. The molecule has 0 aromatic carbocycles. The van der Waals surface area contributed by atoms with Gasteiger partial charge in [-0.2, -0.15) is 0 Å². The summed E-state index contributed by atoms with van der Waals surface area (Å²) in [6.45, 7) is 9.01. The van der Waals surface area contributed by atoms with Gasteiger partial charge in [-0.1, -0.05) is 33.6 Å². The van der Waals surface area contributed by atoms with E-state index in [0.717, 1.165) is 18.4 Å². The van der Waals surface area contributed by atoms with Gasteiger partial charge in [-0.15, -0.1) is 0 Å². The second kappa shape index (κ2) is 5.31. The van der Waals surface area contributed by atoms with Crippen molar-refractivity contribution < 1.29 is 0 Å². The van der Waals surface area contributed by atoms with E-state index in [4.69, 9.17) is 5.73 Å². The van der Waals surface area contributed by atoms with Crippen molar-refractivity contribution in [3.63, 3.8) is 0 Å². The predicted octanol–water partition coefficient (Wildman–Crippen LogP) is 2.48. The van der Waals surface area contributed by atoms with Crippen molar-refractivity contribution in [2.75, 3.05) is 20.1 Å². The lowest BCUT2D eigenvalue weighted by atomic mass is 9.67. The van der Waals surface area contributed by atoms with Gasteiger partial charge in [0.1, 0.15) is 0 Å². The van der Waals surface area contributed by atoms with Crippen LogP contribution < -0.4 is 5.73 Å². The Labute approximate surface area is 95.2 Å². The number of hydrogen-bond donors (Lipinski definition) is 1. The summed E-state index contributed by atoms with van der Waals surface area (Å²) in [5.41, 5.74) is 6.35. The molecule has 0 bridgehead atoms. The van der Waals surface area contributed by atoms with Gasteiger partial charge in [-0.05, 0) is 38.3 Å². The van der Waals surface area contributed by atoms with Crippen molar-refractivity contribution in [1.82, 2.24) is 4.90 Å². The van der Waals surface area contributed by atoms with Crippen LogP contribution in [0.4, 0.5) is 0 Å². The van der Waals surface area contributed by atoms with Crippen LogP contribution in [0.25, 0.3) is 0 Å². The van der Waals surface area contributed by atoms with Gasteiger partial charge < -0.3 is 5.73 Å². The molecule has 0 heterocycles. The number of rotatable bonds is 4. The third kappa shape index (κ3) is 2.36. The molecular weight excluding hydrogens is 184 g/mol. The van der Waals surface area contributed by atoms with Gasteiger partial charge in [-0.25, -0.2) is 0 Å². The van der Waals surface area contributed by atoms with Gasteiger partial charge in [-0.3, -0.25) is 4.90 Å². The lowest BCUT2D eigenvalue weighted by Gasteiger charge is -2.51. The molecule has 1 rings (SSSR count). The molecular formula is C13H28N2. The van der Waals surface area contributed by atoms with Crippen molar-refractivity contribution >= 4 is 0 Å². The number of hydrogen-bond acceptors (Lipinski definition) is 2. The number of nitrogens with zero attached hydrogens (tertiary/aromatic N) is 1. The summed E-state index contributed by atoms with van der Waals surface area (Å²) in [4.78, 5) is 2.52. The molecule has 90 valence electrons. The molecule has 2 heteroatoms. The largest absolute Gasteiger partial charge is 0.329 e. The van der Waals surface area contributed by atoms with E-state index in [2.05, 4.69) is 32.7 Å². The lowest BCUT2D eigenvalue weighted by molar-refractivity contribution is 0.00670. The van der Waals surface area contributed by atoms with Crippen molar-refractivity contribution in [2.45, 2.75) is 52.0 Å². The Bertz CT molecular complexity index is 193. The zero-order valence-electron chi connectivity index (χ0n) is 10.9.